The van der Waals surface area contributed by atoms with E-state index in [4.69, 9.17) is 13.6 Å². The zero-order chi connectivity index (χ0) is 24.5. The predicted octanol–water partition coefficient (Wildman–Crippen LogP) is 3.21. The van der Waals surface area contributed by atoms with Gasteiger partial charge in [0.15, 0.2) is 21.2 Å². The summed E-state index contributed by atoms with van der Waals surface area (Å²) in [7, 11) is -1.91. The number of carbonyl (C=O) groups is 1. The predicted molar refractivity (Wildman–Crippen MR) is 123 cm³/mol. The van der Waals surface area contributed by atoms with Gasteiger partial charge in [-0.1, -0.05) is 29.4 Å². The van der Waals surface area contributed by atoms with Gasteiger partial charge in [0.1, 0.15) is 5.56 Å². The molecule has 1 amide bonds. The first kappa shape index (κ1) is 23.2. The lowest BCUT2D eigenvalue weighted by atomic mass is 10.1. The maximum atomic E-state index is 12.6. The Morgan fingerprint density at radius 1 is 1.09 bits per heavy atom. The second kappa shape index (κ2) is 9.10. The Labute approximate surface area is 194 Å². The Hall–Kier alpha value is -3.99. The molecule has 0 unspecified atom stereocenters. The quantitative estimate of drug-likeness (QED) is 0.392. The molecule has 4 aromatic rings. The highest BCUT2D eigenvalue weighted by Crippen LogP contribution is 2.24. The van der Waals surface area contributed by atoms with Crippen LogP contribution in [0, 0.1) is 0 Å². The van der Waals surface area contributed by atoms with Crippen molar-refractivity contribution < 1.29 is 26.8 Å². The molecule has 0 saturated carbocycles. The van der Waals surface area contributed by atoms with E-state index in [2.05, 4.69) is 15.5 Å². The normalized spacial score (nSPS) is 11.6. The standard InChI is InChI=1S/C23H21N3O7S/c1-13(2)34(29,30)16-9-7-14(8-10-16)11-19-25-26-23(32-19)24-21(27)17-12-15-5-4-6-18(31-3)20(15)33-22(17)28/h4-10,12-13H,11H2,1-3H3,(H,24,26,27). The topological polar surface area (TPSA) is 142 Å². The molecule has 0 atom stereocenters. The molecule has 0 fully saturated rings. The van der Waals surface area contributed by atoms with Gasteiger partial charge in [-0.3, -0.25) is 10.1 Å². The maximum absolute atomic E-state index is 12.6. The van der Waals surface area contributed by atoms with Crippen LogP contribution >= 0.6 is 0 Å². The molecule has 2 aromatic carbocycles. The van der Waals surface area contributed by atoms with Crippen LogP contribution in [0.1, 0.15) is 35.7 Å². The van der Waals surface area contributed by atoms with Crippen molar-refractivity contribution in [3.63, 3.8) is 0 Å². The molecule has 0 radical (unpaired) electrons. The van der Waals surface area contributed by atoms with E-state index in [1.807, 2.05) is 0 Å². The van der Waals surface area contributed by atoms with Crippen LogP contribution in [-0.4, -0.2) is 36.9 Å². The molecule has 2 aromatic heterocycles. The van der Waals surface area contributed by atoms with Crippen molar-refractivity contribution in [1.29, 1.82) is 0 Å². The number of aromatic nitrogens is 2. The number of ether oxygens (including phenoxy) is 1. The van der Waals surface area contributed by atoms with Gasteiger partial charge >= 0.3 is 11.6 Å². The van der Waals surface area contributed by atoms with E-state index in [1.165, 1.54) is 25.3 Å². The molecule has 34 heavy (non-hydrogen) atoms. The summed E-state index contributed by atoms with van der Waals surface area (Å²) in [4.78, 5) is 25.2. The zero-order valence-electron chi connectivity index (χ0n) is 18.6. The maximum Gasteiger partial charge on any atom is 0.349 e. The van der Waals surface area contributed by atoms with Crippen LogP contribution in [0.2, 0.25) is 0 Å². The fourth-order valence-electron chi connectivity index (χ4n) is 3.22. The van der Waals surface area contributed by atoms with Crippen LogP contribution in [0.4, 0.5) is 6.01 Å². The minimum atomic E-state index is -3.36. The molecule has 0 saturated heterocycles. The van der Waals surface area contributed by atoms with Gasteiger partial charge in [-0.05, 0) is 43.7 Å². The average Bonchev–Trinajstić information content (AvgIpc) is 3.24. The third-order valence-corrected chi connectivity index (χ3v) is 7.27. The van der Waals surface area contributed by atoms with Crippen LogP contribution < -0.4 is 15.7 Å². The van der Waals surface area contributed by atoms with Crippen LogP contribution in [0.15, 0.2) is 67.1 Å². The van der Waals surface area contributed by atoms with Crippen molar-refractivity contribution in [2.24, 2.45) is 0 Å². The smallest absolute Gasteiger partial charge is 0.349 e. The highest BCUT2D eigenvalue weighted by Gasteiger charge is 2.20. The van der Waals surface area contributed by atoms with Crippen molar-refractivity contribution in [3.05, 3.63) is 76.0 Å². The fraction of sp³-hybridized carbons (Fsp3) is 0.217. The van der Waals surface area contributed by atoms with Gasteiger partial charge in [0, 0.05) is 5.39 Å². The van der Waals surface area contributed by atoms with Crippen molar-refractivity contribution in [2.75, 3.05) is 12.4 Å². The van der Waals surface area contributed by atoms with Gasteiger partial charge < -0.3 is 13.6 Å². The van der Waals surface area contributed by atoms with E-state index in [0.717, 1.165) is 5.56 Å². The number of para-hydroxylation sites is 1. The van der Waals surface area contributed by atoms with Crippen molar-refractivity contribution >= 4 is 32.7 Å². The number of methoxy groups -OCH3 is 1. The number of anilines is 1. The molecule has 4 rings (SSSR count). The molecule has 0 aliphatic heterocycles. The number of hydrogen-bond donors (Lipinski definition) is 1. The second-order valence-corrected chi connectivity index (χ2v) is 10.2. The summed E-state index contributed by atoms with van der Waals surface area (Å²) in [5, 5.41) is 10.0. The summed E-state index contributed by atoms with van der Waals surface area (Å²) >= 11 is 0. The first-order valence-electron chi connectivity index (χ1n) is 10.3. The summed E-state index contributed by atoms with van der Waals surface area (Å²) in [5.74, 6) is -0.195. The summed E-state index contributed by atoms with van der Waals surface area (Å²) in [6.45, 7) is 3.24. The van der Waals surface area contributed by atoms with E-state index in [-0.39, 0.29) is 34.4 Å². The molecular weight excluding hydrogens is 462 g/mol. The van der Waals surface area contributed by atoms with E-state index < -0.39 is 26.6 Å². The number of hydrogen-bond acceptors (Lipinski definition) is 9. The number of nitrogens with zero attached hydrogens (tertiary/aromatic N) is 2. The van der Waals surface area contributed by atoms with E-state index in [1.54, 1.807) is 44.2 Å². The molecule has 0 bridgehead atoms. The van der Waals surface area contributed by atoms with Crippen LogP contribution in [-0.2, 0) is 16.3 Å². The van der Waals surface area contributed by atoms with Crippen molar-refractivity contribution in [2.45, 2.75) is 30.4 Å². The van der Waals surface area contributed by atoms with Crippen LogP contribution in [0.25, 0.3) is 11.0 Å². The molecule has 1 N–H and O–H groups in total. The fourth-order valence-corrected chi connectivity index (χ4v) is 4.28. The molecule has 11 heteroatoms. The third kappa shape index (κ3) is 4.55. The lowest BCUT2D eigenvalue weighted by molar-refractivity contribution is 0.102. The van der Waals surface area contributed by atoms with E-state index in [0.29, 0.717) is 11.1 Å². The highest BCUT2D eigenvalue weighted by molar-refractivity contribution is 7.92. The first-order valence-corrected chi connectivity index (χ1v) is 11.8. The first-order chi connectivity index (χ1) is 16.2. The average molecular weight is 484 g/mol. The van der Waals surface area contributed by atoms with E-state index >= 15 is 0 Å². The highest BCUT2D eigenvalue weighted by atomic mass is 32.2. The van der Waals surface area contributed by atoms with Gasteiger partial charge in [-0.2, -0.15) is 0 Å². The number of amides is 1. The third-order valence-electron chi connectivity index (χ3n) is 5.10. The number of fused-ring (bicyclic) bond motifs is 1. The van der Waals surface area contributed by atoms with Crippen LogP contribution in [0.3, 0.4) is 0 Å². The summed E-state index contributed by atoms with van der Waals surface area (Å²) in [6, 6.07) is 12.6. The number of carbonyl (C=O) groups excluding carboxylic acids is 1. The minimum Gasteiger partial charge on any atom is -0.493 e. The zero-order valence-corrected chi connectivity index (χ0v) is 19.4. The van der Waals surface area contributed by atoms with Gasteiger partial charge in [0.2, 0.25) is 5.89 Å². The Balaban J connectivity index is 1.48. The number of nitrogens with one attached hydrogen (secondary N) is 1. The largest absolute Gasteiger partial charge is 0.493 e. The van der Waals surface area contributed by atoms with Gasteiger partial charge in [0.05, 0.1) is 23.7 Å². The van der Waals surface area contributed by atoms with E-state index in [9.17, 15) is 18.0 Å². The number of sulfone groups is 1. The van der Waals surface area contributed by atoms with Gasteiger partial charge in [-0.15, -0.1) is 5.10 Å². The SMILES string of the molecule is COc1cccc2cc(C(=O)Nc3nnc(Cc4ccc(S(=O)(=O)C(C)C)cc4)o3)c(=O)oc12. The molecule has 10 nitrogen and oxygen atoms in total. The molecule has 176 valence electrons. The summed E-state index contributed by atoms with van der Waals surface area (Å²) < 4.78 is 40.4. The molecular formula is C23H21N3O7S. The van der Waals surface area contributed by atoms with Gasteiger partial charge in [0.25, 0.3) is 5.91 Å². The molecule has 0 spiro atoms. The van der Waals surface area contributed by atoms with Crippen molar-refractivity contribution in [3.8, 4) is 5.75 Å². The summed E-state index contributed by atoms with van der Waals surface area (Å²) in [5.41, 5.74) is -0.0969. The second-order valence-electron chi connectivity index (χ2n) is 7.70. The number of benzene rings is 2. The minimum absolute atomic E-state index is 0.191. The summed E-state index contributed by atoms with van der Waals surface area (Å²) in [6.07, 6.45) is 0.225. The Bertz CT molecular complexity index is 1520. The number of rotatable bonds is 7. The Morgan fingerprint density at radius 3 is 2.50 bits per heavy atom. The van der Waals surface area contributed by atoms with Crippen molar-refractivity contribution in [1.82, 2.24) is 10.2 Å². The molecule has 2 heterocycles. The van der Waals surface area contributed by atoms with Gasteiger partial charge in [-0.25, -0.2) is 13.2 Å². The lowest BCUT2D eigenvalue weighted by Gasteiger charge is -2.08. The Morgan fingerprint density at radius 2 is 1.82 bits per heavy atom. The van der Waals surface area contributed by atoms with Crippen LogP contribution in [0.5, 0.6) is 5.75 Å². The Kier molecular flexibility index (Phi) is 6.20. The molecule has 0 aliphatic carbocycles. The monoisotopic (exact) mass is 483 g/mol. The lowest BCUT2D eigenvalue weighted by Crippen LogP contribution is -2.20. The molecule has 0 aliphatic rings.